The Hall–Kier alpha value is -1.41. The molecule has 0 heterocycles. The fourth-order valence-corrected chi connectivity index (χ4v) is 1.89. The van der Waals surface area contributed by atoms with E-state index in [1.165, 1.54) is 6.07 Å². The second-order valence-electron chi connectivity index (χ2n) is 4.09. The number of halogens is 1. The second-order valence-corrected chi connectivity index (χ2v) is 4.09. The maximum Gasteiger partial charge on any atom is 1.00 e. The molecular weight excluding hydrogens is 472 g/mol. The van der Waals surface area contributed by atoms with Gasteiger partial charge in [0.2, 0.25) is 0 Å². The van der Waals surface area contributed by atoms with Crippen LogP contribution in [0.15, 0.2) is 76.3 Å². The van der Waals surface area contributed by atoms with Crippen LogP contribution in [-0.2, 0) is 27.7 Å². The molecule has 0 atom stereocenters. The number of allylic oxidation sites excluding steroid dienone is 2. The molecule has 3 nitrogen and oxygen atoms in total. The average molecular weight is 483 g/mol. The Morgan fingerprint density at radius 3 is 2.52 bits per heavy atom. The van der Waals surface area contributed by atoms with E-state index in [9.17, 15) is 5.11 Å². The predicted molar refractivity (Wildman–Crippen MR) is 80.2 cm³/mol. The van der Waals surface area contributed by atoms with Gasteiger partial charge in [0.25, 0.3) is 0 Å². The number of rotatable bonds is 2. The molecule has 100 valence electrons. The van der Waals surface area contributed by atoms with Crippen molar-refractivity contribution in [2.24, 2.45) is 10.2 Å². The van der Waals surface area contributed by atoms with Crippen molar-refractivity contribution in [3.05, 3.63) is 72.5 Å². The number of benzene rings is 2. The van der Waals surface area contributed by atoms with Crippen LogP contribution >= 0.6 is 12.4 Å². The normalized spacial score (nSPS) is 12.9. The molecular formula is C16H11ClHgN2O. The van der Waals surface area contributed by atoms with E-state index in [0.717, 1.165) is 10.8 Å². The molecule has 3 rings (SSSR count). The maximum absolute atomic E-state index is 11.9. The number of fused-ring (bicyclic) bond motifs is 1. The summed E-state index contributed by atoms with van der Waals surface area (Å²) in [6, 6.07) is 11.0. The minimum Gasteiger partial charge on any atom is -0.871 e. The van der Waals surface area contributed by atoms with Crippen molar-refractivity contribution in [2.75, 3.05) is 0 Å². The molecule has 0 N–H and O–H groups in total. The van der Waals surface area contributed by atoms with Gasteiger partial charge in [-0.1, -0.05) is 42.1 Å². The molecule has 21 heavy (non-hydrogen) atoms. The van der Waals surface area contributed by atoms with Crippen LogP contribution in [0.3, 0.4) is 0 Å². The molecule has 2 radical (unpaired) electrons. The quantitative estimate of drug-likeness (QED) is 0.359. The van der Waals surface area contributed by atoms with Gasteiger partial charge in [-0.2, -0.15) is 10.2 Å². The monoisotopic (exact) mass is 484 g/mol. The van der Waals surface area contributed by atoms with E-state index in [2.05, 4.69) is 16.0 Å². The van der Waals surface area contributed by atoms with Crippen molar-refractivity contribution in [2.45, 2.75) is 0 Å². The molecule has 0 aliphatic heterocycles. The third-order valence-corrected chi connectivity index (χ3v) is 2.83. The number of hydrogen-bond donors (Lipinski definition) is 0. The van der Waals surface area contributed by atoms with Crippen molar-refractivity contribution >= 4 is 28.9 Å². The Kier molecular flexibility index (Phi) is 6.83. The van der Waals surface area contributed by atoms with Gasteiger partial charge in [-0.3, -0.25) is 0 Å². The van der Waals surface area contributed by atoms with E-state index < -0.39 is 0 Å². The summed E-state index contributed by atoms with van der Waals surface area (Å²) in [4.78, 5) is 0. The zero-order valence-corrected chi connectivity index (χ0v) is 17.5. The summed E-state index contributed by atoms with van der Waals surface area (Å²) in [6.45, 7) is 0. The topological polar surface area (TPSA) is 47.8 Å². The third kappa shape index (κ3) is 4.04. The van der Waals surface area contributed by atoms with Gasteiger partial charge in [-0.05, 0) is 23.6 Å². The van der Waals surface area contributed by atoms with E-state index >= 15 is 0 Å². The largest absolute Gasteiger partial charge is 1.00 e. The Balaban J connectivity index is 0.00000110. The van der Waals surface area contributed by atoms with Crippen LogP contribution in [0.2, 0.25) is 0 Å². The molecule has 2 aromatic rings. The molecule has 1 aliphatic carbocycles. The second kappa shape index (κ2) is 8.13. The minimum absolute atomic E-state index is 0. The van der Waals surface area contributed by atoms with E-state index in [4.69, 9.17) is 0 Å². The first kappa shape index (κ1) is 17.6. The molecule has 0 bridgehead atoms. The van der Waals surface area contributed by atoms with E-state index in [1.54, 1.807) is 30.7 Å². The van der Waals surface area contributed by atoms with E-state index in [1.807, 2.05) is 24.3 Å². The molecule has 0 amide bonds. The number of azo groups is 1. The van der Waals surface area contributed by atoms with Crippen LogP contribution in [0, 0.1) is 6.42 Å². The maximum atomic E-state index is 11.9. The molecule has 2 aromatic carbocycles. The SMILES string of the molecule is Cl.[Hg+].[O-]c1ccc2ccccc2c1N=NC1=CC=C=C[CH]1. The Labute approximate surface area is 149 Å². The van der Waals surface area contributed by atoms with Crippen molar-refractivity contribution in [3.63, 3.8) is 0 Å². The van der Waals surface area contributed by atoms with Crippen LogP contribution in [0.25, 0.3) is 10.8 Å². The predicted octanol–water partition coefficient (Wildman–Crippen LogP) is 4.23. The molecule has 0 aromatic heterocycles. The number of hydrogen-bond acceptors (Lipinski definition) is 3. The van der Waals surface area contributed by atoms with Gasteiger partial charge in [-0.25, -0.2) is 0 Å². The first-order valence-corrected chi connectivity index (χ1v) is 5.91. The molecule has 0 fully saturated rings. The van der Waals surface area contributed by atoms with Gasteiger partial charge in [0.05, 0.1) is 11.4 Å². The van der Waals surface area contributed by atoms with Crippen LogP contribution in [0.5, 0.6) is 5.75 Å². The molecule has 0 unspecified atom stereocenters. The summed E-state index contributed by atoms with van der Waals surface area (Å²) < 4.78 is 0. The van der Waals surface area contributed by atoms with Crippen LogP contribution < -0.4 is 5.11 Å². The zero-order valence-electron chi connectivity index (χ0n) is 11.2. The molecule has 0 spiro atoms. The Morgan fingerprint density at radius 1 is 0.952 bits per heavy atom. The number of nitrogens with zero attached hydrogens (tertiary/aromatic N) is 2. The molecule has 0 saturated carbocycles. The summed E-state index contributed by atoms with van der Waals surface area (Å²) in [5.74, 6) is -0.120. The molecule has 5 heteroatoms. The van der Waals surface area contributed by atoms with Crippen molar-refractivity contribution in [3.8, 4) is 5.75 Å². The summed E-state index contributed by atoms with van der Waals surface area (Å²) >= 11 is 0. The van der Waals surface area contributed by atoms with Crippen molar-refractivity contribution < 1.29 is 32.8 Å². The van der Waals surface area contributed by atoms with Crippen molar-refractivity contribution in [1.82, 2.24) is 0 Å². The van der Waals surface area contributed by atoms with Gasteiger partial charge in [0, 0.05) is 11.8 Å². The Bertz CT molecular complexity index is 762. The van der Waals surface area contributed by atoms with E-state index in [-0.39, 0.29) is 45.8 Å². The summed E-state index contributed by atoms with van der Waals surface area (Å²) in [6.07, 6.45) is 7.10. The first-order chi connectivity index (χ1) is 9.34. The van der Waals surface area contributed by atoms with Crippen LogP contribution in [0.1, 0.15) is 0 Å². The molecule has 1 aliphatic rings. The van der Waals surface area contributed by atoms with Gasteiger partial charge >= 0.3 is 27.7 Å². The smallest absolute Gasteiger partial charge is 0.871 e. The third-order valence-electron chi connectivity index (χ3n) is 2.83. The van der Waals surface area contributed by atoms with Gasteiger partial charge in [0.1, 0.15) is 0 Å². The fraction of sp³-hybridized carbons (Fsp3) is 0. The fourth-order valence-electron chi connectivity index (χ4n) is 1.89. The summed E-state index contributed by atoms with van der Waals surface area (Å²) in [5.41, 5.74) is 3.99. The van der Waals surface area contributed by atoms with Gasteiger partial charge in [-0.15, -0.1) is 18.1 Å². The summed E-state index contributed by atoms with van der Waals surface area (Å²) in [7, 11) is 0. The minimum atomic E-state index is -0.120. The first-order valence-electron chi connectivity index (χ1n) is 5.91. The summed E-state index contributed by atoms with van der Waals surface area (Å²) in [5, 5.41) is 21.9. The van der Waals surface area contributed by atoms with Gasteiger partial charge < -0.3 is 5.11 Å². The van der Waals surface area contributed by atoms with Crippen LogP contribution in [-0.4, -0.2) is 0 Å². The Morgan fingerprint density at radius 2 is 1.76 bits per heavy atom. The molecule has 0 saturated heterocycles. The van der Waals surface area contributed by atoms with E-state index in [0.29, 0.717) is 11.4 Å². The standard InChI is InChI=1S/C16H11N2O.ClH.Hg/c19-15-11-10-12-6-4-5-9-14(12)16(15)18-17-13-7-2-1-3-8-13;;/h2-11,19H;1H;/q;;+1/p-1. The van der Waals surface area contributed by atoms with Crippen LogP contribution in [0.4, 0.5) is 5.69 Å². The zero-order chi connectivity index (χ0) is 13.1. The average Bonchev–Trinajstić information content (AvgIpc) is 2.47. The van der Waals surface area contributed by atoms with Gasteiger partial charge in [0.15, 0.2) is 0 Å². The van der Waals surface area contributed by atoms with Crippen molar-refractivity contribution in [1.29, 1.82) is 0 Å².